The van der Waals surface area contributed by atoms with E-state index in [1.54, 1.807) is 13.0 Å². The summed E-state index contributed by atoms with van der Waals surface area (Å²) in [5.41, 5.74) is 1.13. The second kappa shape index (κ2) is 5.66. The zero-order valence-electron chi connectivity index (χ0n) is 6.32. The molecule has 0 amide bonds. The van der Waals surface area contributed by atoms with Gasteiger partial charge in [0.15, 0.2) is 0 Å². The monoisotopic (exact) mass is 206 g/mol. The smallest absolute Gasteiger partial charge is 0.0996 e. The van der Waals surface area contributed by atoms with Crippen LogP contribution in [0.25, 0.3) is 0 Å². The van der Waals surface area contributed by atoms with E-state index >= 15 is 0 Å². The van der Waals surface area contributed by atoms with Crippen LogP contribution in [0.3, 0.4) is 0 Å². The second-order valence-electron chi connectivity index (χ2n) is 2.11. The predicted molar refractivity (Wildman–Crippen MR) is 47.0 cm³/mol. The third-order valence-electron chi connectivity index (χ3n) is 1.10. The van der Waals surface area contributed by atoms with Gasteiger partial charge in [-0.2, -0.15) is 0 Å². The molecule has 0 unspecified atom stereocenters. The first-order valence-corrected chi connectivity index (χ1v) is 4.40. The van der Waals surface area contributed by atoms with Gasteiger partial charge in [0.2, 0.25) is 0 Å². The molecule has 0 aliphatic heterocycles. The van der Waals surface area contributed by atoms with E-state index in [1.165, 1.54) is 6.08 Å². The van der Waals surface area contributed by atoms with Crippen molar-refractivity contribution in [3.05, 3.63) is 23.6 Å². The molecule has 0 heterocycles. The van der Waals surface area contributed by atoms with Crippen LogP contribution >= 0.6 is 15.9 Å². The molecule has 0 fully saturated rings. The van der Waals surface area contributed by atoms with Gasteiger partial charge in [-0.25, -0.2) is 4.39 Å². The molecule has 0 radical (unpaired) electrons. The van der Waals surface area contributed by atoms with Crippen LogP contribution < -0.4 is 0 Å². The van der Waals surface area contributed by atoms with E-state index in [0.717, 1.165) is 10.9 Å². The van der Waals surface area contributed by atoms with Crippen molar-refractivity contribution in [2.45, 2.75) is 20.3 Å². The summed E-state index contributed by atoms with van der Waals surface area (Å²) in [4.78, 5) is 0. The van der Waals surface area contributed by atoms with Crippen LogP contribution in [0.1, 0.15) is 20.3 Å². The van der Waals surface area contributed by atoms with Crippen molar-refractivity contribution in [1.29, 1.82) is 0 Å². The molecule has 0 bridgehead atoms. The second-order valence-corrected chi connectivity index (χ2v) is 2.67. The Labute approximate surface area is 69.9 Å². The Hall–Kier alpha value is -0.110. The molecule has 0 rings (SSSR count). The van der Waals surface area contributed by atoms with Gasteiger partial charge in [-0.3, -0.25) is 0 Å². The van der Waals surface area contributed by atoms with E-state index in [9.17, 15) is 4.39 Å². The highest BCUT2D eigenvalue weighted by atomic mass is 79.9. The Morgan fingerprint density at radius 2 is 2.10 bits per heavy atom. The molecule has 10 heavy (non-hydrogen) atoms. The molecule has 58 valence electrons. The van der Waals surface area contributed by atoms with Crippen molar-refractivity contribution in [2.24, 2.45) is 0 Å². The van der Waals surface area contributed by atoms with Crippen molar-refractivity contribution in [2.75, 3.05) is 5.33 Å². The quantitative estimate of drug-likeness (QED) is 0.490. The van der Waals surface area contributed by atoms with Gasteiger partial charge in [0.05, 0.1) is 5.83 Å². The fourth-order valence-electron chi connectivity index (χ4n) is 0.395. The maximum absolute atomic E-state index is 12.4. The molecule has 0 saturated carbocycles. The fourth-order valence-corrected chi connectivity index (χ4v) is 0.582. The molecule has 0 atom stereocenters. The lowest BCUT2D eigenvalue weighted by Crippen LogP contribution is -1.73. The van der Waals surface area contributed by atoms with Gasteiger partial charge in [0.1, 0.15) is 0 Å². The van der Waals surface area contributed by atoms with Crippen LogP contribution in [0, 0.1) is 0 Å². The summed E-state index contributed by atoms with van der Waals surface area (Å²) in [5, 5.41) is 0.806. The third kappa shape index (κ3) is 4.74. The Bertz CT molecular complexity index is 129. The van der Waals surface area contributed by atoms with Crippen LogP contribution in [0.2, 0.25) is 0 Å². The molecule has 0 aromatic heterocycles. The molecule has 0 aliphatic rings. The van der Waals surface area contributed by atoms with E-state index in [-0.39, 0.29) is 5.83 Å². The molecule has 0 aliphatic carbocycles. The minimum atomic E-state index is -0.0692. The van der Waals surface area contributed by atoms with Gasteiger partial charge in [0, 0.05) is 5.33 Å². The minimum Gasteiger partial charge on any atom is -0.212 e. The number of allylic oxidation sites excluding steroid dienone is 4. The molecular weight excluding hydrogens is 195 g/mol. The van der Waals surface area contributed by atoms with Crippen molar-refractivity contribution in [3.63, 3.8) is 0 Å². The molecule has 0 N–H and O–H groups in total. The Kier molecular flexibility index (Phi) is 5.60. The van der Waals surface area contributed by atoms with Gasteiger partial charge in [-0.15, -0.1) is 0 Å². The van der Waals surface area contributed by atoms with E-state index in [4.69, 9.17) is 0 Å². The van der Waals surface area contributed by atoms with E-state index in [2.05, 4.69) is 15.9 Å². The summed E-state index contributed by atoms with van der Waals surface area (Å²) in [6.45, 7) is 3.75. The van der Waals surface area contributed by atoms with Crippen LogP contribution in [0.5, 0.6) is 0 Å². The van der Waals surface area contributed by atoms with Crippen LogP contribution in [0.4, 0.5) is 4.39 Å². The number of hydrogen-bond acceptors (Lipinski definition) is 0. The van der Waals surface area contributed by atoms with E-state index < -0.39 is 0 Å². The Morgan fingerprint density at radius 3 is 2.50 bits per heavy atom. The predicted octanol–water partition coefficient (Wildman–Crippen LogP) is 3.59. The fraction of sp³-hybridized carbons (Fsp3) is 0.500. The first-order chi connectivity index (χ1) is 4.70. The zero-order chi connectivity index (χ0) is 7.98. The summed E-state index contributed by atoms with van der Waals surface area (Å²) in [6, 6.07) is 0. The molecule has 0 spiro atoms. The highest BCUT2D eigenvalue weighted by Crippen LogP contribution is 2.04. The maximum atomic E-state index is 12.4. The standard InChI is InChI=1S/C8H12BrF/c1-3-8(10)5-4-7(2)6-9/h4-5H,3,6H2,1-2H3/b7-4+,8-5+. The van der Waals surface area contributed by atoms with Gasteiger partial charge in [-0.1, -0.05) is 34.5 Å². The highest BCUT2D eigenvalue weighted by molar-refractivity contribution is 9.09. The normalized spacial score (nSPS) is 14.0. The van der Waals surface area contributed by atoms with Crippen LogP contribution in [-0.4, -0.2) is 5.33 Å². The first kappa shape index (κ1) is 9.89. The van der Waals surface area contributed by atoms with Crippen molar-refractivity contribution in [1.82, 2.24) is 0 Å². The first-order valence-electron chi connectivity index (χ1n) is 3.28. The van der Waals surface area contributed by atoms with Crippen LogP contribution in [0.15, 0.2) is 23.6 Å². The average molecular weight is 207 g/mol. The largest absolute Gasteiger partial charge is 0.212 e. The third-order valence-corrected chi connectivity index (χ3v) is 1.98. The number of alkyl halides is 1. The van der Waals surface area contributed by atoms with E-state index in [1.807, 2.05) is 6.92 Å². The van der Waals surface area contributed by atoms with Crippen molar-refractivity contribution >= 4 is 15.9 Å². The zero-order valence-corrected chi connectivity index (χ0v) is 7.91. The van der Waals surface area contributed by atoms with Crippen LogP contribution in [-0.2, 0) is 0 Å². The minimum absolute atomic E-state index is 0.0692. The summed E-state index contributed by atoms with van der Waals surface area (Å²) in [6.07, 6.45) is 3.77. The molecule has 0 nitrogen and oxygen atoms in total. The lowest BCUT2D eigenvalue weighted by atomic mass is 10.3. The number of halogens is 2. The van der Waals surface area contributed by atoms with Crippen molar-refractivity contribution in [3.8, 4) is 0 Å². The van der Waals surface area contributed by atoms with Gasteiger partial charge >= 0.3 is 0 Å². The Balaban J connectivity index is 3.91. The lowest BCUT2D eigenvalue weighted by Gasteiger charge is -1.89. The summed E-state index contributed by atoms with van der Waals surface area (Å²) in [5.74, 6) is -0.0692. The lowest BCUT2D eigenvalue weighted by molar-refractivity contribution is 0.604. The summed E-state index contributed by atoms with van der Waals surface area (Å²) >= 11 is 3.27. The van der Waals surface area contributed by atoms with Gasteiger partial charge in [-0.05, 0) is 19.4 Å². The average Bonchev–Trinajstić information content (AvgIpc) is 1.99. The Morgan fingerprint density at radius 1 is 1.50 bits per heavy atom. The molecule has 0 saturated heterocycles. The van der Waals surface area contributed by atoms with E-state index in [0.29, 0.717) is 6.42 Å². The van der Waals surface area contributed by atoms with Gasteiger partial charge in [0.25, 0.3) is 0 Å². The SMILES string of the molecule is CC/C(F)=C\C=C(/C)CBr. The summed E-state index contributed by atoms with van der Waals surface area (Å²) < 4.78 is 12.4. The summed E-state index contributed by atoms with van der Waals surface area (Å²) in [7, 11) is 0. The number of rotatable bonds is 3. The van der Waals surface area contributed by atoms with Crippen molar-refractivity contribution < 1.29 is 4.39 Å². The highest BCUT2D eigenvalue weighted by Gasteiger charge is 1.86. The molecule has 0 aromatic rings. The molecular formula is C8H12BrF. The number of hydrogen-bond donors (Lipinski definition) is 0. The molecule has 2 heteroatoms. The van der Waals surface area contributed by atoms with Gasteiger partial charge < -0.3 is 0 Å². The maximum Gasteiger partial charge on any atom is 0.0996 e. The molecule has 0 aromatic carbocycles. The topological polar surface area (TPSA) is 0 Å².